The minimum absolute atomic E-state index is 0.0844. The molecule has 0 unspecified atom stereocenters. The van der Waals surface area contributed by atoms with Crippen molar-refractivity contribution in [1.82, 2.24) is 5.43 Å². The standard InChI is InChI=1S/C17H13BrN2O3/c1-23-14-4-2-3-11(9-14)10-15-16(21)19-20(17(15)22)13-7-5-12(18)6-8-13/h2-10H,1H3,(H,19,21)/b15-10-. The first-order valence-corrected chi connectivity index (χ1v) is 7.64. The topological polar surface area (TPSA) is 58.6 Å². The largest absolute Gasteiger partial charge is 0.497 e. The van der Waals surface area contributed by atoms with E-state index in [1.807, 2.05) is 0 Å². The van der Waals surface area contributed by atoms with Gasteiger partial charge in [0.2, 0.25) is 0 Å². The van der Waals surface area contributed by atoms with Crippen LogP contribution in [0.4, 0.5) is 5.69 Å². The van der Waals surface area contributed by atoms with Crippen molar-refractivity contribution in [2.24, 2.45) is 0 Å². The molecule has 0 bridgehead atoms. The lowest BCUT2D eigenvalue weighted by Crippen LogP contribution is -2.35. The molecule has 6 heteroatoms. The predicted octanol–water partition coefficient (Wildman–Crippen LogP) is 2.92. The van der Waals surface area contributed by atoms with Gasteiger partial charge in [-0.2, -0.15) is 0 Å². The van der Waals surface area contributed by atoms with Gasteiger partial charge in [0.1, 0.15) is 11.3 Å². The summed E-state index contributed by atoms with van der Waals surface area (Å²) in [7, 11) is 1.56. The molecule has 2 aromatic carbocycles. The van der Waals surface area contributed by atoms with Crippen LogP contribution in [0.1, 0.15) is 5.56 Å². The summed E-state index contributed by atoms with van der Waals surface area (Å²) < 4.78 is 6.04. The Balaban J connectivity index is 1.91. The molecule has 0 atom stereocenters. The van der Waals surface area contributed by atoms with Crippen LogP contribution in [0.3, 0.4) is 0 Å². The number of carbonyl (C=O) groups is 2. The second kappa shape index (κ2) is 6.26. The third kappa shape index (κ3) is 3.12. The minimum atomic E-state index is -0.430. The van der Waals surface area contributed by atoms with E-state index < -0.39 is 5.91 Å². The molecule has 1 saturated heterocycles. The number of ether oxygens (including phenoxy) is 1. The fourth-order valence-electron chi connectivity index (χ4n) is 2.23. The van der Waals surface area contributed by atoms with Crippen molar-refractivity contribution in [3.05, 3.63) is 64.1 Å². The van der Waals surface area contributed by atoms with Crippen LogP contribution in [0.5, 0.6) is 5.75 Å². The highest BCUT2D eigenvalue weighted by Gasteiger charge is 2.34. The van der Waals surface area contributed by atoms with Gasteiger partial charge in [-0.05, 0) is 48.0 Å². The number of anilines is 1. The minimum Gasteiger partial charge on any atom is -0.497 e. The van der Waals surface area contributed by atoms with Crippen LogP contribution in [0.2, 0.25) is 0 Å². The third-order valence-corrected chi connectivity index (χ3v) is 3.91. The van der Waals surface area contributed by atoms with Crippen molar-refractivity contribution >= 4 is 39.5 Å². The van der Waals surface area contributed by atoms with Crippen LogP contribution >= 0.6 is 15.9 Å². The molecule has 1 fully saturated rings. The van der Waals surface area contributed by atoms with E-state index in [0.717, 1.165) is 10.0 Å². The van der Waals surface area contributed by atoms with Crippen molar-refractivity contribution in [1.29, 1.82) is 0 Å². The zero-order valence-corrected chi connectivity index (χ0v) is 13.8. The number of rotatable bonds is 3. The Morgan fingerprint density at radius 2 is 1.87 bits per heavy atom. The van der Waals surface area contributed by atoms with Crippen LogP contribution in [0.15, 0.2) is 58.6 Å². The fraction of sp³-hybridized carbons (Fsp3) is 0.0588. The zero-order chi connectivity index (χ0) is 16.4. The number of benzene rings is 2. The van der Waals surface area contributed by atoms with E-state index in [1.165, 1.54) is 5.01 Å². The number of hydrazine groups is 1. The van der Waals surface area contributed by atoms with Crippen molar-refractivity contribution in [2.45, 2.75) is 0 Å². The quantitative estimate of drug-likeness (QED) is 0.665. The Kier molecular flexibility index (Phi) is 4.16. The third-order valence-electron chi connectivity index (χ3n) is 3.38. The first-order valence-electron chi connectivity index (χ1n) is 6.85. The molecule has 1 aliphatic heterocycles. The number of methoxy groups -OCH3 is 1. The van der Waals surface area contributed by atoms with Crippen LogP contribution < -0.4 is 15.2 Å². The molecule has 2 aromatic rings. The van der Waals surface area contributed by atoms with Gasteiger partial charge < -0.3 is 4.74 Å². The molecule has 0 spiro atoms. The second-order valence-corrected chi connectivity index (χ2v) is 5.81. The molecular formula is C17H13BrN2O3. The van der Waals surface area contributed by atoms with Gasteiger partial charge in [0.05, 0.1) is 12.8 Å². The molecule has 0 saturated carbocycles. The lowest BCUT2D eigenvalue weighted by Gasteiger charge is -2.14. The highest BCUT2D eigenvalue weighted by molar-refractivity contribution is 9.10. The number of hydrogen-bond donors (Lipinski definition) is 1. The molecule has 3 rings (SSSR count). The normalized spacial score (nSPS) is 15.9. The van der Waals surface area contributed by atoms with Crippen molar-refractivity contribution < 1.29 is 14.3 Å². The number of amides is 2. The summed E-state index contributed by atoms with van der Waals surface area (Å²) in [4.78, 5) is 24.6. The maximum Gasteiger partial charge on any atom is 0.282 e. The predicted molar refractivity (Wildman–Crippen MR) is 90.7 cm³/mol. The van der Waals surface area contributed by atoms with E-state index in [1.54, 1.807) is 61.7 Å². The smallest absolute Gasteiger partial charge is 0.282 e. The van der Waals surface area contributed by atoms with E-state index in [9.17, 15) is 9.59 Å². The molecule has 5 nitrogen and oxygen atoms in total. The summed E-state index contributed by atoms with van der Waals surface area (Å²) in [5.41, 5.74) is 3.97. The summed E-state index contributed by atoms with van der Waals surface area (Å²) in [5.74, 6) is -0.157. The van der Waals surface area contributed by atoms with Crippen LogP contribution in [-0.2, 0) is 9.59 Å². The Labute approximate surface area is 141 Å². The number of nitrogens with zero attached hydrogens (tertiary/aromatic N) is 1. The highest BCUT2D eigenvalue weighted by Crippen LogP contribution is 2.24. The van der Waals surface area contributed by atoms with Crippen molar-refractivity contribution in [3.63, 3.8) is 0 Å². The lowest BCUT2D eigenvalue weighted by atomic mass is 10.1. The average Bonchev–Trinajstić information content (AvgIpc) is 2.84. The van der Waals surface area contributed by atoms with Gasteiger partial charge in [0.15, 0.2) is 0 Å². The summed E-state index contributed by atoms with van der Waals surface area (Å²) >= 11 is 3.34. The Bertz CT molecular complexity index is 800. The summed E-state index contributed by atoms with van der Waals surface area (Å²) in [6.45, 7) is 0. The van der Waals surface area contributed by atoms with Gasteiger partial charge in [-0.15, -0.1) is 0 Å². The van der Waals surface area contributed by atoms with Crippen molar-refractivity contribution in [2.75, 3.05) is 12.1 Å². The van der Waals surface area contributed by atoms with E-state index in [-0.39, 0.29) is 11.5 Å². The van der Waals surface area contributed by atoms with Gasteiger partial charge in [-0.1, -0.05) is 28.1 Å². The average molecular weight is 373 g/mol. The first kappa shape index (κ1) is 15.3. The molecule has 116 valence electrons. The van der Waals surface area contributed by atoms with Gasteiger partial charge in [-0.3, -0.25) is 15.0 Å². The fourth-order valence-corrected chi connectivity index (χ4v) is 2.49. The van der Waals surface area contributed by atoms with Crippen LogP contribution in [0, 0.1) is 0 Å². The van der Waals surface area contributed by atoms with E-state index >= 15 is 0 Å². The molecule has 1 heterocycles. The molecular weight excluding hydrogens is 360 g/mol. The maximum absolute atomic E-state index is 12.5. The zero-order valence-electron chi connectivity index (χ0n) is 12.2. The number of halogens is 1. The Morgan fingerprint density at radius 1 is 1.13 bits per heavy atom. The molecule has 0 aromatic heterocycles. The van der Waals surface area contributed by atoms with Crippen molar-refractivity contribution in [3.8, 4) is 5.75 Å². The number of nitrogens with one attached hydrogen (secondary N) is 1. The van der Waals surface area contributed by atoms with Gasteiger partial charge in [0, 0.05) is 4.47 Å². The van der Waals surface area contributed by atoms with Gasteiger partial charge >= 0.3 is 0 Å². The monoisotopic (exact) mass is 372 g/mol. The number of hydrogen-bond acceptors (Lipinski definition) is 3. The maximum atomic E-state index is 12.5. The molecule has 23 heavy (non-hydrogen) atoms. The molecule has 0 radical (unpaired) electrons. The molecule has 1 aliphatic rings. The van der Waals surface area contributed by atoms with Gasteiger partial charge in [0.25, 0.3) is 11.8 Å². The number of carbonyl (C=O) groups excluding carboxylic acids is 2. The van der Waals surface area contributed by atoms with E-state index in [4.69, 9.17) is 4.74 Å². The highest BCUT2D eigenvalue weighted by atomic mass is 79.9. The first-order chi connectivity index (χ1) is 11.1. The molecule has 0 aliphatic carbocycles. The van der Waals surface area contributed by atoms with Crippen LogP contribution in [0.25, 0.3) is 6.08 Å². The Morgan fingerprint density at radius 3 is 2.57 bits per heavy atom. The SMILES string of the molecule is COc1cccc(/C=C2/C(=O)NN(c3ccc(Br)cc3)C2=O)c1. The lowest BCUT2D eigenvalue weighted by molar-refractivity contribution is -0.117. The van der Waals surface area contributed by atoms with Crippen LogP contribution in [-0.4, -0.2) is 18.9 Å². The van der Waals surface area contributed by atoms with E-state index in [2.05, 4.69) is 21.4 Å². The second-order valence-electron chi connectivity index (χ2n) is 4.89. The molecule has 1 N–H and O–H groups in total. The summed E-state index contributed by atoms with van der Waals surface area (Å²) in [5, 5.41) is 1.24. The molecule has 2 amide bonds. The van der Waals surface area contributed by atoms with E-state index in [0.29, 0.717) is 11.4 Å². The van der Waals surface area contributed by atoms with Gasteiger partial charge in [-0.25, -0.2) is 5.01 Å². The Hall–Kier alpha value is -2.60. The summed E-state index contributed by atoms with van der Waals surface area (Å²) in [6.07, 6.45) is 1.55. The summed E-state index contributed by atoms with van der Waals surface area (Å²) in [6, 6.07) is 14.3.